The van der Waals surface area contributed by atoms with Crippen molar-refractivity contribution >= 4 is 17.5 Å². The fraction of sp³-hybridized carbons (Fsp3) is 0.500. The number of benzene rings is 1. The molecule has 1 aromatic carbocycles. The SMILES string of the molecule is CCCCN(C)c1ncc(C(=O)Nc2c(C(C)C)cccc2C(C)C)cn1. The highest BCUT2D eigenvalue weighted by Crippen LogP contribution is 2.32. The standard InChI is InChI=1S/C22H32N4O/c1-7-8-12-26(6)22-23-13-17(14-24-22)21(27)25-20-18(15(2)3)10-9-11-19(20)16(4)5/h9-11,13-16H,7-8,12H2,1-6H3,(H,25,27). The minimum Gasteiger partial charge on any atom is -0.344 e. The molecule has 0 aliphatic heterocycles. The molecule has 27 heavy (non-hydrogen) atoms. The lowest BCUT2D eigenvalue weighted by Crippen LogP contribution is -2.22. The molecular weight excluding hydrogens is 336 g/mol. The summed E-state index contributed by atoms with van der Waals surface area (Å²) in [5, 5.41) is 3.11. The molecule has 0 fully saturated rings. The van der Waals surface area contributed by atoms with Crippen molar-refractivity contribution in [1.82, 2.24) is 9.97 Å². The molecule has 2 aromatic rings. The molecule has 1 amide bonds. The summed E-state index contributed by atoms with van der Waals surface area (Å²) in [5.74, 6) is 1.12. The zero-order chi connectivity index (χ0) is 20.0. The van der Waals surface area contributed by atoms with Gasteiger partial charge in [0.1, 0.15) is 0 Å². The van der Waals surface area contributed by atoms with E-state index in [1.165, 1.54) is 0 Å². The molecular formula is C22H32N4O. The van der Waals surface area contributed by atoms with Crippen molar-refractivity contribution in [2.24, 2.45) is 0 Å². The van der Waals surface area contributed by atoms with Gasteiger partial charge in [-0.25, -0.2) is 9.97 Å². The first-order valence-electron chi connectivity index (χ1n) is 9.82. The van der Waals surface area contributed by atoms with Crippen LogP contribution in [0.15, 0.2) is 30.6 Å². The van der Waals surface area contributed by atoms with Gasteiger partial charge >= 0.3 is 0 Å². The molecule has 0 bridgehead atoms. The molecule has 1 aromatic heterocycles. The summed E-state index contributed by atoms with van der Waals surface area (Å²) in [6.45, 7) is 11.6. The summed E-state index contributed by atoms with van der Waals surface area (Å²) in [5.41, 5.74) is 3.67. The Morgan fingerprint density at radius 2 is 1.63 bits per heavy atom. The number of nitrogens with one attached hydrogen (secondary N) is 1. The van der Waals surface area contributed by atoms with Gasteiger partial charge in [-0.1, -0.05) is 59.2 Å². The molecule has 0 aliphatic rings. The predicted octanol–water partition coefficient (Wildman–Crippen LogP) is 5.21. The van der Waals surface area contributed by atoms with E-state index in [0.29, 0.717) is 23.3 Å². The lowest BCUT2D eigenvalue weighted by atomic mass is 9.92. The Balaban J connectivity index is 2.22. The second kappa shape index (κ2) is 9.49. The van der Waals surface area contributed by atoms with Gasteiger partial charge in [-0.3, -0.25) is 4.79 Å². The quantitative estimate of drug-likeness (QED) is 0.695. The molecule has 2 rings (SSSR count). The molecule has 5 nitrogen and oxygen atoms in total. The summed E-state index contributed by atoms with van der Waals surface area (Å²) in [6, 6.07) is 6.22. The van der Waals surface area contributed by atoms with Crippen LogP contribution < -0.4 is 10.2 Å². The average molecular weight is 369 g/mol. The van der Waals surface area contributed by atoms with E-state index in [-0.39, 0.29) is 5.91 Å². The number of unbranched alkanes of at least 4 members (excludes halogenated alkanes) is 1. The van der Waals surface area contributed by atoms with E-state index in [4.69, 9.17) is 0 Å². The van der Waals surface area contributed by atoms with Crippen LogP contribution in [0.4, 0.5) is 11.6 Å². The van der Waals surface area contributed by atoms with Crippen LogP contribution in [0, 0.1) is 0 Å². The van der Waals surface area contributed by atoms with E-state index in [1.807, 2.05) is 11.9 Å². The number of rotatable bonds is 8. The Morgan fingerprint density at radius 1 is 1.07 bits per heavy atom. The first kappa shape index (κ1) is 20.9. The van der Waals surface area contributed by atoms with Gasteiger partial charge in [0.25, 0.3) is 5.91 Å². The van der Waals surface area contributed by atoms with Crippen LogP contribution in [-0.2, 0) is 0 Å². The number of hydrogen-bond donors (Lipinski definition) is 1. The van der Waals surface area contributed by atoms with Gasteiger partial charge in [0.05, 0.1) is 5.56 Å². The molecule has 1 heterocycles. The Hall–Kier alpha value is -2.43. The highest BCUT2D eigenvalue weighted by molar-refractivity contribution is 6.04. The minimum absolute atomic E-state index is 0.173. The lowest BCUT2D eigenvalue weighted by molar-refractivity contribution is 0.102. The number of aromatic nitrogens is 2. The maximum atomic E-state index is 12.8. The normalized spacial score (nSPS) is 11.1. The van der Waals surface area contributed by atoms with Crippen LogP contribution in [-0.4, -0.2) is 29.5 Å². The highest BCUT2D eigenvalue weighted by atomic mass is 16.1. The summed E-state index contributed by atoms with van der Waals surface area (Å²) in [6.07, 6.45) is 5.42. The smallest absolute Gasteiger partial charge is 0.258 e. The highest BCUT2D eigenvalue weighted by Gasteiger charge is 2.17. The van der Waals surface area contributed by atoms with E-state index in [0.717, 1.165) is 36.2 Å². The second-order valence-electron chi connectivity index (χ2n) is 7.62. The molecule has 146 valence electrons. The van der Waals surface area contributed by atoms with Gasteiger partial charge < -0.3 is 10.2 Å². The number of anilines is 2. The molecule has 0 radical (unpaired) electrons. The van der Waals surface area contributed by atoms with Crippen molar-refractivity contribution in [3.05, 3.63) is 47.3 Å². The fourth-order valence-corrected chi connectivity index (χ4v) is 3.01. The third-order valence-corrected chi connectivity index (χ3v) is 4.70. The van der Waals surface area contributed by atoms with Crippen molar-refractivity contribution in [3.63, 3.8) is 0 Å². The largest absolute Gasteiger partial charge is 0.344 e. The zero-order valence-corrected chi connectivity index (χ0v) is 17.4. The Kier molecular flexibility index (Phi) is 7.34. The number of amides is 1. The van der Waals surface area contributed by atoms with Crippen molar-refractivity contribution in [2.75, 3.05) is 23.8 Å². The molecule has 0 spiro atoms. The summed E-state index contributed by atoms with van der Waals surface area (Å²) >= 11 is 0. The first-order chi connectivity index (χ1) is 12.8. The fourth-order valence-electron chi connectivity index (χ4n) is 3.01. The zero-order valence-electron chi connectivity index (χ0n) is 17.4. The molecule has 0 saturated heterocycles. The number of carbonyl (C=O) groups is 1. The van der Waals surface area contributed by atoms with Crippen LogP contribution in [0.3, 0.4) is 0 Å². The Bertz CT molecular complexity index is 727. The Morgan fingerprint density at radius 3 is 2.11 bits per heavy atom. The predicted molar refractivity (Wildman–Crippen MR) is 113 cm³/mol. The monoisotopic (exact) mass is 368 g/mol. The molecule has 0 atom stereocenters. The summed E-state index contributed by atoms with van der Waals surface area (Å²) in [4.78, 5) is 23.5. The van der Waals surface area contributed by atoms with Gasteiger partial charge in [-0.05, 0) is 29.4 Å². The van der Waals surface area contributed by atoms with Crippen molar-refractivity contribution < 1.29 is 4.79 Å². The molecule has 1 N–H and O–H groups in total. The lowest BCUT2D eigenvalue weighted by Gasteiger charge is -2.20. The van der Waals surface area contributed by atoms with Gasteiger partial charge in [0, 0.05) is 31.7 Å². The van der Waals surface area contributed by atoms with Gasteiger partial charge in [0.15, 0.2) is 0 Å². The van der Waals surface area contributed by atoms with Gasteiger partial charge in [-0.2, -0.15) is 0 Å². The van der Waals surface area contributed by atoms with E-state index in [9.17, 15) is 4.79 Å². The topological polar surface area (TPSA) is 58.1 Å². The molecule has 0 unspecified atom stereocenters. The van der Waals surface area contributed by atoms with Crippen LogP contribution >= 0.6 is 0 Å². The van der Waals surface area contributed by atoms with E-state index >= 15 is 0 Å². The first-order valence-corrected chi connectivity index (χ1v) is 9.82. The summed E-state index contributed by atoms with van der Waals surface area (Å²) < 4.78 is 0. The average Bonchev–Trinajstić information content (AvgIpc) is 2.65. The van der Waals surface area contributed by atoms with Crippen LogP contribution in [0.5, 0.6) is 0 Å². The third-order valence-electron chi connectivity index (χ3n) is 4.70. The van der Waals surface area contributed by atoms with E-state index < -0.39 is 0 Å². The number of nitrogens with zero attached hydrogens (tertiary/aromatic N) is 3. The molecule has 0 saturated carbocycles. The number of hydrogen-bond acceptors (Lipinski definition) is 4. The van der Waals surface area contributed by atoms with Crippen LogP contribution in [0.2, 0.25) is 0 Å². The second-order valence-corrected chi connectivity index (χ2v) is 7.62. The van der Waals surface area contributed by atoms with Crippen molar-refractivity contribution in [3.8, 4) is 0 Å². The summed E-state index contributed by atoms with van der Waals surface area (Å²) in [7, 11) is 1.97. The Labute approximate surface area is 163 Å². The number of para-hydroxylation sites is 1. The van der Waals surface area contributed by atoms with E-state index in [1.54, 1.807) is 12.4 Å². The van der Waals surface area contributed by atoms with E-state index in [2.05, 4.69) is 68.1 Å². The van der Waals surface area contributed by atoms with Crippen LogP contribution in [0.1, 0.15) is 80.8 Å². The molecule has 5 heteroatoms. The van der Waals surface area contributed by atoms with Gasteiger partial charge in [0.2, 0.25) is 5.95 Å². The minimum atomic E-state index is -0.173. The maximum Gasteiger partial charge on any atom is 0.258 e. The van der Waals surface area contributed by atoms with Crippen LogP contribution in [0.25, 0.3) is 0 Å². The molecule has 0 aliphatic carbocycles. The maximum absolute atomic E-state index is 12.8. The van der Waals surface area contributed by atoms with Crippen molar-refractivity contribution in [2.45, 2.75) is 59.3 Å². The van der Waals surface area contributed by atoms with Gasteiger partial charge in [-0.15, -0.1) is 0 Å². The van der Waals surface area contributed by atoms with Crippen molar-refractivity contribution in [1.29, 1.82) is 0 Å². The third kappa shape index (κ3) is 5.28. The number of carbonyl (C=O) groups excluding carboxylic acids is 1.